The Bertz CT molecular complexity index is 2840. The quantitative estimate of drug-likeness (QED) is 0.0407. The molecule has 101 heavy (non-hydrogen) atoms. The van der Waals surface area contributed by atoms with E-state index in [9.17, 15) is 47.9 Å². The molecule has 0 unspecified atom stereocenters. The van der Waals surface area contributed by atoms with Gasteiger partial charge in [-0.25, -0.2) is 4.98 Å². The molecule has 0 aliphatic heterocycles. The Labute approximate surface area is 598 Å². The summed E-state index contributed by atoms with van der Waals surface area (Å²) in [4.78, 5) is 165. The Morgan fingerprint density at radius 2 is 0.723 bits per heavy atom. The van der Waals surface area contributed by atoms with Crippen molar-refractivity contribution < 1.29 is 52.7 Å². The Hall–Kier alpha value is -7.64. The summed E-state index contributed by atoms with van der Waals surface area (Å²) in [6.45, 7) is 19.7. The molecule has 25 N–H and O–H groups in total. The van der Waals surface area contributed by atoms with E-state index < -0.39 is 143 Å². The Morgan fingerprint density at radius 1 is 0.396 bits per heavy atom. The molecule has 1 aromatic heterocycles. The average Bonchev–Trinajstić information content (AvgIpc) is 1.79. The summed E-state index contributed by atoms with van der Waals surface area (Å²) in [7, 11) is 0. The van der Waals surface area contributed by atoms with Gasteiger partial charge in [-0.3, -0.25) is 52.7 Å². The smallest absolute Gasteiger partial charge is 0.243 e. The number of carbonyl (C=O) groups is 11. The van der Waals surface area contributed by atoms with E-state index in [4.69, 9.17) is 40.1 Å². The number of aromatic amines is 1. The van der Waals surface area contributed by atoms with Crippen LogP contribution in [-0.4, -0.2) is 174 Å². The molecule has 0 aliphatic carbocycles. The summed E-state index contributed by atoms with van der Waals surface area (Å²) in [6.07, 6.45) is 7.65. The van der Waals surface area contributed by atoms with Crippen molar-refractivity contribution in [1.29, 1.82) is 0 Å². The molecule has 0 radical (unpaired) electrons. The molecule has 11 amide bonds. The predicted molar refractivity (Wildman–Crippen MR) is 391 cm³/mol. The number of H-pyrrole nitrogens is 1. The van der Waals surface area contributed by atoms with Gasteiger partial charge >= 0.3 is 0 Å². The highest BCUT2D eigenvalue weighted by Gasteiger charge is 2.38. The minimum absolute atomic E-state index is 0.0135. The first-order chi connectivity index (χ1) is 48.0. The van der Waals surface area contributed by atoms with Gasteiger partial charge in [-0.1, -0.05) is 112 Å². The molecule has 1 heterocycles. The molecule has 1 aromatic carbocycles. The van der Waals surface area contributed by atoms with Crippen LogP contribution in [0.15, 0.2) is 36.7 Å². The summed E-state index contributed by atoms with van der Waals surface area (Å²) >= 11 is 0. The number of carbonyl (C=O) groups excluding carboxylic acids is 11. The van der Waals surface area contributed by atoms with Crippen molar-refractivity contribution in [2.24, 2.45) is 69.7 Å². The fraction of sp³-hybridized carbons (Fsp3) is 0.718. The Balaban J connectivity index is 2.64. The van der Waals surface area contributed by atoms with Gasteiger partial charge in [-0.2, -0.15) is 0 Å². The van der Waals surface area contributed by atoms with Crippen molar-refractivity contribution in [2.45, 2.75) is 264 Å². The standard InChI is InChI=1S/C71H127N19O11/c1-11-46(10)59(71(101)88-56(39-44(6)7)67(97)84-51(30-18-23-35-75)65(95)89-58(45(8)9)70(100)85-54(61(78)91)37-42(2)3)90-66(96)52(31-19-24-36-76)82-63(93)50(29-17-22-34-74)83-69(99)57(40-53-60(80-41-79-53)47-25-13-12-14-26-47)87-68(98)55(38-43(4)5)86-64(94)49(28-16-21-33-73)81-62(92)48(77)27-15-20-32-72/h12-14,25-26,41-46,48-52,54-59H,11,15-24,27-40,72-77H2,1-10H3,(H2,78,91)(H,79,80)(H,81,92)(H,82,93)(H,83,99)(H,84,97)(H,85,100)(H,86,94)(H,87,98)(H,88,101)(H,89,95)(H,90,96)/t46-,48-,49-,50-,51-,52-,54-,55-,56-,57-,58-,59-/m0/s1. The second-order valence-electron chi connectivity index (χ2n) is 28.2. The fourth-order valence-electron chi connectivity index (χ4n) is 11.5. The minimum atomic E-state index is -1.43. The zero-order chi connectivity index (χ0) is 75.7. The molecule has 0 fully saturated rings. The summed E-state index contributed by atoms with van der Waals surface area (Å²) in [6, 6.07) is -3.98. The van der Waals surface area contributed by atoms with Crippen LogP contribution in [0.25, 0.3) is 11.3 Å². The van der Waals surface area contributed by atoms with Crippen LogP contribution in [-0.2, 0) is 59.2 Å². The highest BCUT2D eigenvalue weighted by Crippen LogP contribution is 2.23. The van der Waals surface area contributed by atoms with E-state index in [0.717, 1.165) is 0 Å². The summed E-state index contributed by atoms with van der Waals surface area (Å²) in [5.41, 5.74) is 42.7. The molecular weight excluding hydrogens is 1290 g/mol. The first kappa shape index (κ1) is 89.4. The molecule has 2 aromatic rings. The molecule has 12 atom stereocenters. The Kier molecular flexibility index (Phi) is 43.4. The normalized spacial score (nSPS) is 15.1. The highest BCUT2D eigenvalue weighted by atomic mass is 16.2. The van der Waals surface area contributed by atoms with Crippen molar-refractivity contribution in [3.63, 3.8) is 0 Å². The second-order valence-corrected chi connectivity index (χ2v) is 28.2. The van der Waals surface area contributed by atoms with Crippen molar-refractivity contribution in [1.82, 2.24) is 63.1 Å². The number of hydrogen-bond acceptors (Lipinski definition) is 18. The lowest BCUT2D eigenvalue weighted by atomic mass is 9.95. The van der Waals surface area contributed by atoms with E-state index in [1.807, 2.05) is 78.8 Å². The predicted octanol–water partition coefficient (Wildman–Crippen LogP) is 0.765. The Morgan fingerprint density at radius 3 is 1.12 bits per heavy atom. The number of rotatable bonds is 53. The van der Waals surface area contributed by atoms with Crippen LogP contribution < -0.4 is 93.3 Å². The number of primary amides is 1. The summed E-state index contributed by atoms with van der Waals surface area (Å²) in [5, 5.41) is 28.2. The number of benzene rings is 1. The maximum Gasteiger partial charge on any atom is 0.243 e. The maximum atomic E-state index is 15.1. The van der Waals surface area contributed by atoms with Crippen LogP contribution >= 0.6 is 0 Å². The highest BCUT2D eigenvalue weighted by molar-refractivity contribution is 5.99. The van der Waals surface area contributed by atoms with Crippen LogP contribution in [0.2, 0.25) is 0 Å². The van der Waals surface area contributed by atoms with Gasteiger partial charge in [-0.15, -0.1) is 0 Å². The summed E-state index contributed by atoms with van der Waals surface area (Å²) in [5.74, 6) is -9.05. The number of unbranched alkanes of at least 4 members (excludes halogenated alkanes) is 5. The number of nitrogens with zero attached hydrogens (tertiary/aromatic N) is 1. The van der Waals surface area contributed by atoms with E-state index in [-0.39, 0.29) is 82.2 Å². The van der Waals surface area contributed by atoms with Crippen molar-refractivity contribution in [2.75, 3.05) is 32.7 Å². The molecule has 0 aliphatic rings. The van der Waals surface area contributed by atoms with E-state index in [1.54, 1.807) is 20.8 Å². The number of nitrogens with one attached hydrogen (secondary N) is 11. The van der Waals surface area contributed by atoms with Gasteiger partial charge in [0, 0.05) is 17.7 Å². The van der Waals surface area contributed by atoms with Gasteiger partial charge in [0.25, 0.3) is 0 Å². The lowest BCUT2D eigenvalue weighted by Crippen LogP contribution is -2.62. The molecule has 0 saturated carbocycles. The zero-order valence-corrected chi connectivity index (χ0v) is 61.9. The SMILES string of the molecule is CC[C@H](C)[C@H](NC(=O)[C@H](CCCCN)NC(=O)[C@H](CCCCN)NC(=O)[C@H](Cc1[nH]cnc1-c1ccccc1)NC(=O)[C@H](CC(C)C)NC(=O)[C@H](CCCCN)NC(=O)[C@@H](N)CCCCN)C(=O)N[C@@H](CC(C)C)C(=O)N[C@@H](CCCCN)C(=O)N[C@H](C(=O)N[C@@H](CC(C)C)C(N)=O)C(C)C. The molecule has 0 spiro atoms. The van der Waals surface area contributed by atoms with Crippen LogP contribution in [0.4, 0.5) is 0 Å². The van der Waals surface area contributed by atoms with Crippen LogP contribution in [0, 0.1) is 29.6 Å². The van der Waals surface area contributed by atoms with Crippen LogP contribution in [0.5, 0.6) is 0 Å². The number of hydrogen-bond donors (Lipinski definition) is 18. The van der Waals surface area contributed by atoms with Crippen molar-refractivity contribution in [3.8, 4) is 11.3 Å². The number of amides is 11. The first-order valence-corrected chi connectivity index (χ1v) is 36.6. The van der Waals surface area contributed by atoms with Crippen LogP contribution in [0.3, 0.4) is 0 Å². The molecule has 30 nitrogen and oxygen atoms in total. The molecule has 572 valence electrons. The number of aromatic nitrogens is 2. The third kappa shape index (κ3) is 33.8. The van der Waals surface area contributed by atoms with E-state index >= 15 is 4.79 Å². The topological polar surface area (TPSA) is 519 Å². The lowest BCUT2D eigenvalue weighted by molar-refractivity contribution is -0.137. The molecule has 2 rings (SSSR count). The van der Waals surface area contributed by atoms with Gasteiger partial charge in [-0.05, 0) is 171 Å². The van der Waals surface area contributed by atoms with Crippen LogP contribution in [0.1, 0.15) is 197 Å². The van der Waals surface area contributed by atoms with Gasteiger partial charge in [0.05, 0.1) is 18.1 Å². The monoisotopic (exact) mass is 1420 g/mol. The third-order valence-corrected chi connectivity index (χ3v) is 17.5. The molecule has 0 bridgehead atoms. The fourth-order valence-corrected chi connectivity index (χ4v) is 11.5. The number of imidazole rings is 1. The van der Waals surface area contributed by atoms with Crippen molar-refractivity contribution in [3.05, 3.63) is 42.4 Å². The first-order valence-electron chi connectivity index (χ1n) is 36.6. The molecule has 30 heteroatoms. The van der Waals surface area contributed by atoms with Gasteiger partial charge in [0.2, 0.25) is 65.0 Å². The van der Waals surface area contributed by atoms with E-state index in [0.29, 0.717) is 114 Å². The number of nitrogens with two attached hydrogens (primary N) is 7. The van der Waals surface area contributed by atoms with Crippen molar-refractivity contribution >= 4 is 65.0 Å². The van der Waals surface area contributed by atoms with E-state index in [2.05, 4.69) is 63.1 Å². The van der Waals surface area contributed by atoms with Gasteiger partial charge in [0.1, 0.15) is 60.4 Å². The van der Waals surface area contributed by atoms with E-state index in [1.165, 1.54) is 6.33 Å². The van der Waals surface area contributed by atoms with Gasteiger partial charge in [0.15, 0.2) is 0 Å². The summed E-state index contributed by atoms with van der Waals surface area (Å²) < 4.78 is 0. The molecular formula is C71H127N19O11. The zero-order valence-electron chi connectivity index (χ0n) is 61.9. The lowest BCUT2D eigenvalue weighted by Gasteiger charge is -2.30. The van der Waals surface area contributed by atoms with Gasteiger partial charge < -0.3 is 98.3 Å². The molecule has 0 saturated heterocycles. The third-order valence-electron chi connectivity index (χ3n) is 17.5. The minimum Gasteiger partial charge on any atom is -0.368 e. The average molecular weight is 1420 g/mol. The largest absolute Gasteiger partial charge is 0.368 e. The second kappa shape index (κ2) is 49.1. The maximum absolute atomic E-state index is 15.1.